The van der Waals surface area contributed by atoms with Gasteiger partial charge in [-0.1, -0.05) is 55.8 Å². The molecular weight excluding hydrogens is 396 g/mol. The Morgan fingerprint density at radius 3 is 2.39 bits per heavy atom. The molecule has 3 rings (SSSR count). The molecule has 1 aliphatic heterocycles. The molecule has 150 valence electrons. The molecule has 1 atom stereocenters. The lowest BCUT2D eigenvalue weighted by atomic mass is 9.83. The first kappa shape index (κ1) is 20.8. The van der Waals surface area contributed by atoms with E-state index in [1.807, 2.05) is 30.3 Å². The standard InChI is InChI=1S/C21H25ClN2O3S/c1-21(2)12-13-23-20(25)19(14-21)24(15-16-6-4-3-5-7-16)28(26,27)18-10-8-17(22)9-11-18/h3-11,19H,12-15H2,1-2H3,(H,23,25). The molecule has 28 heavy (non-hydrogen) atoms. The van der Waals surface area contributed by atoms with Gasteiger partial charge in [-0.3, -0.25) is 4.79 Å². The van der Waals surface area contributed by atoms with Gasteiger partial charge in [0.2, 0.25) is 15.9 Å². The summed E-state index contributed by atoms with van der Waals surface area (Å²) in [6.07, 6.45) is 1.26. The number of hydrogen-bond donors (Lipinski definition) is 1. The lowest BCUT2D eigenvalue weighted by Crippen LogP contribution is -2.49. The quantitative estimate of drug-likeness (QED) is 0.799. The molecule has 1 amide bonds. The van der Waals surface area contributed by atoms with E-state index in [4.69, 9.17) is 11.6 Å². The molecule has 7 heteroatoms. The summed E-state index contributed by atoms with van der Waals surface area (Å²) >= 11 is 5.93. The van der Waals surface area contributed by atoms with Gasteiger partial charge in [0.1, 0.15) is 6.04 Å². The number of nitrogens with zero attached hydrogens (tertiary/aromatic N) is 1. The molecule has 5 nitrogen and oxygen atoms in total. The van der Waals surface area contributed by atoms with Crippen molar-refractivity contribution in [2.75, 3.05) is 6.54 Å². The third-order valence-corrected chi connectivity index (χ3v) is 7.22. The highest BCUT2D eigenvalue weighted by Crippen LogP contribution is 2.33. The zero-order chi connectivity index (χ0) is 20.4. The Morgan fingerprint density at radius 2 is 1.75 bits per heavy atom. The van der Waals surface area contributed by atoms with Crippen LogP contribution < -0.4 is 5.32 Å². The van der Waals surface area contributed by atoms with Crippen LogP contribution in [0.2, 0.25) is 5.02 Å². The maximum atomic E-state index is 13.5. The van der Waals surface area contributed by atoms with Crippen molar-refractivity contribution in [2.45, 2.75) is 44.2 Å². The van der Waals surface area contributed by atoms with Gasteiger partial charge in [-0.25, -0.2) is 8.42 Å². The van der Waals surface area contributed by atoms with Gasteiger partial charge in [0, 0.05) is 18.1 Å². The number of halogens is 1. The number of carbonyl (C=O) groups excluding carboxylic acids is 1. The minimum atomic E-state index is -3.90. The highest BCUT2D eigenvalue weighted by molar-refractivity contribution is 7.89. The van der Waals surface area contributed by atoms with Gasteiger partial charge >= 0.3 is 0 Å². The fourth-order valence-electron chi connectivity index (χ4n) is 3.46. The summed E-state index contributed by atoms with van der Waals surface area (Å²) in [6, 6.07) is 14.6. The third kappa shape index (κ3) is 4.74. The predicted molar refractivity (Wildman–Crippen MR) is 110 cm³/mol. The second kappa shape index (κ2) is 8.23. The normalized spacial score (nSPS) is 19.9. The van der Waals surface area contributed by atoms with Crippen LogP contribution in [0.25, 0.3) is 0 Å². The SMILES string of the molecule is CC1(C)CCNC(=O)C(N(Cc2ccccc2)S(=O)(=O)c2ccc(Cl)cc2)C1. The monoisotopic (exact) mass is 420 g/mol. The number of benzene rings is 2. The largest absolute Gasteiger partial charge is 0.355 e. The topological polar surface area (TPSA) is 66.5 Å². The minimum absolute atomic E-state index is 0.125. The average Bonchev–Trinajstić information content (AvgIpc) is 2.78. The van der Waals surface area contributed by atoms with Crippen LogP contribution in [-0.4, -0.2) is 31.2 Å². The lowest BCUT2D eigenvalue weighted by molar-refractivity contribution is -0.125. The molecule has 1 fully saturated rings. The minimum Gasteiger partial charge on any atom is -0.355 e. The first-order chi connectivity index (χ1) is 13.2. The van der Waals surface area contributed by atoms with E-state index >= 15 is 0 Å². The summed E-state index contributed by atoms with van der Waals surface area (Å²) in [5.74, 6) is -0.251. The number of carbonyl (C=O) groups is 1. The Hall–Kier alpha value is -1.89. The molecule has 1 aliphatic rings. The number of rotatable bonds is 5. The number of sulfonamides is 1. The van der Waals surface area contributed by atoms with Gasteiger partial charge in [-0.05, 0) is 48.1 Å². The van der Waals surface area contributed by atoms with Gasteiger partial charge in [-0.15, -0.1) is 0 Å². The van der Waals surface area contributed by atoms with E-state index in [2.05, 4.69) is 19.2 Å². The van der Waals surface area contributed by atoms with Crippen molar-refractivity contribution < 1.29 is 13.2 Å². The maximum Gasteiger partial charge on any atom is 0.244 e. The van der Waals surface area contributed by atoms with Crippen molar-refractivity contribution in [1.82, 2.24) is 9.62 Å². The van der Waals surface area contributed by atoms with E-state index < -0.39 is 16.1 Å². The van der Waals surface area contributed by atoms with Crippen LogP contribution in [0.5, 0.6) is 0 Å². The lowest BCUT2D eigenvalue weighted by Gasteiger charge is -2.33. The second-order valence-electron chi connectivity index (χ2n) is 7.91. The molecule has 0 radical (unpaired) electrons. The Kier molecular flexibility index (Phi) is 6.12. The Bertz CT molecular complexity index is 928. The van der Waals surface area contributed by atoms with Gasteiger partial charge in [0.25, 0.3) is 0 Å². The smallest absolute Gasteiger partial charge is 0.244 e. The fourth-order valence-corrected chi connectivity index (χ4v) is 5.16. The number of nitrogens with one attached hydrogen (secondary N) is 1. The van der Waals surface area contributed by atoms with Crippen LogP contribution in [0, 0.1) is 5.41 Å². The summed E-state index contributed by atoms with van der Waals surface area (Å²) in [6.45, 7) is 4.80. The molecule has 1 saturated heterocycles. The first-order valence-corrected chi connectivity index (χ1v) is 11.1. The van der Waals surface area contributed by atoms with Crippen LogP contribution in [-0.2, 0) is 21.4 Å². The average molecular weight is 421 g/mol. The molecule has 0 aromatic heterocycles. The molecule has 0 saturated carbocycles. The third-order valence-electron chi connectivity index (χ3n) is 5.10. The highest BCUT2D eigenvalue weighted by Gasteiger charge is 2.40. The summed E-state index contributed by atoms with van der Waals surface area (Å²) in [5.41, 5.74) is 0.670. The van der Waals surface area contributed by atoms with E-state index in [1.165, 1.54) is 16.4 Å². The van der Waals surface area contributed by atoms with Gasteiger partial charge in [0.15, 0.2) is 0 Å². The Morgan fingerprint density at radius 1 is 1.11 bits per heavy atom. The first-order valence-electron chi connectivity index (χ1n) is 9.28. The molecule has 1 heterocycles. The Labute approximate surface area is 171 Å². The Balaban J connectivity index is 2.06. The zero-order valence-electron chi connectivity index (χ0n) is 16.1. The van der Waals surface area contributed by atoms with Crippen LogP contribution in [0.3, 0.4) is 0 Å². The molecule has 1 unspecified atom stereocenters. The second-order valence-corrected chi connectivity index (χ2v) is 10.2. The molecular formula is C21H25ClN2O3S. The summed E-state index contributed by atoms with van der Waals surface area (Å²) in [7, 11) is -3.90. The van der Waals surface area contributed by atoms with E-state index in [9.17, 15) is 13.2 Å². The molecule has 2 aromatic carbocycles. The molecule has 0 spiro atoms. The van der Waals surface area contributed by atoms with Crippen LogP contribution >= 0.6 is 11.6 Å². The fraction of sp³-hybridized carbons (Fsp3) is 0.381. The van der Waals surface area contributed by atoms with Crippen molar-refractivity contribution in [3.63, 3.8) is 0 Å². The number of amides is 1. The molecule has 2 aromatic rings. The molecule has 0 aliphatic carbocycles. The maximum absolute atomic E-state index is 13.5. The van der Waals surface area contributed by atoms with Crippen LogP contribution in [0.15, 0.2) is 59.5 Å². The van der Waals surface area contributed by atoms with Crippen molar-refractivity contribution in [1.29, 1.82) is 0 Å². The predicted octanol–water partition coefficient (Wildman–Crippen LogP) is 3.84. The zero-order valence-corrected chi connectivity index (χ0v) is 17.6. The highest BCUT2D eigenvalue weighted by atomic mass is 35.5. The van der Waals surface area contributed by atoms with E-state index in [-0.39, 0.29) is 22.8 Å². The molecule has 1 N–H and O–H groups in total. The van der Waals surface area contributed by atoms with Crippen molar-refractivity contribution in [2.24, 2.45) is 5.41 Å². The van der Waals surface area contributed by atoms with E-state index in [0.717, 1.165) is 12.0 Å². The summed E-state index contributed by atoms with van der Waals surface area (Å²) in [4.78, 5) is 13.0. The number of hydrogen-bond acceptors (Lipinski definition) is 3. The van der Waals surface area contributed by atoms with E-state index in [1.54, 1.807) is 12.1 Å². The molecule has 0 bridgehead atoms. The van der Waals surface area contributed by atoms with Crippen LogP contribution in [0.1, 0.15) is 32.3 Å². The van der Waals surface area contributed by atoms with Crippen molar-refractivity contribution >= 4 is 27.5 Å². The van der Waals surface area contributed by atoms with Crippen LogP contribution in [0.4, 0.5) is 0 Å². The van der Waals surface area contributed by atoms with Gasteiger partial charge < -0.3 is 5.32 Å². The van der Waals surface area contributed by atoms with Gasteiger partial charge in [0.05, 0.1) is 4.90 Å². The van der Waals surface area contributed by atoms with Crippen molar-refractivity contribution in [3.05, 3.63) is 65.2 Å². The summed E-state index contributed by atoms with van der Waals surface area (Å²) in [5, 5.41) is 3.34. The van der Waals surface area contributed by atoms with E-state index in [0.29, 0.717) is 18.0 Å². The van der Waals surface area contributed by atoms with Gasteiger partial charge in [-0.2, -0.15) is 4.31 Å². The summed E-state index contributed by atoms with van der Waals surface area (Å²) < 4.78 is 28.4. The van der Waals surface area contributed by atoms with Crippen molar-refractivity contribution in [3.8, 4) is 0 Å².